The van der Waals surface area contributed by atoms with Gasteiger partial charge in [0.15, 0.2) is 0 Å². The van der Waals surface area contributed by atoms with Crippen molar-refractivity contribution in [1.82, 2.24) is 10.6 Å². The summed E-state index contributed by atoms with van der Waals surface area (Å²) in [4.78, 5) is 44.6. The molecule has 1 heterocycles. The molecule has 2 N–H and O–H groups in total. The minimum atomic E-state index is -1.06. The number of carbonyl (C=O) groups is 3. The SMILES string of the molecule is CN[C@@H](C)C(=O)N[C@H]1CN(C(=O)c2cccc(C#N)c2)c2ccccc2N(Cc2c(OC)ccc3cc(Br)ccc23)C1=O. The van der Waals surface area contributed by atoms with E-state index in [2.05, 4.69) is 32.6 Å². The second-order valence-corrected chi connectivity index (χ2v) is 11.1. The van der Waals surface area contributed by atoms with E-state index in [1.54, 1.807) is 68.4 Å². The number of para-hydroxylation sites is 2. The molecule has 10 heteroatoms. The van der Waals surface area contributed by atoms with Gasteiger partial charge in [-0.1, -0.05) is 46.3 Å². The number of likely N-dealkylation sites (N-methyl/N-ethyl adjacent to an activating group) is 1. The first-order chi connectivity index (χ1) is 20.7. The Bertz CT molecular complexity index is 1770. The third-order valence-corrected chi connectivity index (χ3v) is 8.10. The fraction of sp³-hybridized carbons (Fsp3) is 0.212. The number of ether oxygens (including phenoxy) is 1. The largest absolute Gasteiger partial charge is 0.496 e. The summed E-state index contributed by atoms with van der Waals surface area (Å²) in [7, 11) is 3.24. The van der Waals surface area contributed by atoms with Crippen molar-refractivity contribution in [3.63, 3.8) is 0 Å². The van der Waals surface area contributed by atoms with E-state index in [0.717, 1.165) is 20.8 Å². The highest BCUT2D eigenvalue weighted by atomic mass is 79.9. The number of nitrogens with one attached hydrogen (secondary N) is 2. The van der Waals surface area contributed by atoms with E-state index in [1.807, 2.05) is 30.3 Å². The molecule has 0 aliphatic carbocycles. The molecule has 0 aromatic heterocycles. The first kappa shape index (κ1) is 29.8. The van der Waals surface area contributed by atoms with E-state index in [9.17, 15) is 19.6 Å². The highest BCUT2D eigenvalue weighted by Crippen LogP contribution is 2.38. The Morgan fingerprint density at radius 2 is 1.84 bits per heavy atom. The number of amides is 3. The van der Waals surface area contributed by atoms with Crippen LogP contribution in [-0.4, -0.2) is 50.5 Å². The average Bonchev–Trinajstić information content (AvgIpc) is 3.14. The number of anilines is 2. The summed E-state index contributed by atoms with van der Waals surface area (Å²) in [6, 6.07) is 23.7. The van der Waals surface area contributed by atoms with Gasteiger partial charge < -0.3 is 25.2 Å². The highest BCUT2D eigenvalue weighted by molar-refractivity contribution is 9.10. The number of nitriles is 1. The Labute approximate surface area is 258 Å². The standard InChI is InChI=1S/C33H30BrN5O4/c1-20(36-2)31(40)37-27-19-39(32(41)23-8-6-7-21(15-23)17-35)29-10-5-4-9-28(29)38(33(27)42)18-26-25-13-12-24(34)16-22(25)11-14-30(26)43-3/h4-16,20,27,36H,18-19H2,1-3H3,(H,37,40)/t20-,27-/m0/s1. The molecule has 4 aromatic rings. The van der Waals surface area contributed by atoms with Gasteiger partial charge in [-0.2, -0.15) is 5.26 Å². The number of benzene rings is 4. The third kappa shape index (κ3) is 5.95. The van der Waals surface area contributed by atoms with Crippen molar-refractivity contribution in [2.24, 2.45) is 0 Å². The van der Waals surface area contributed by atoms with Gasteiger partial charge in [0.2, 0.25) is 5.91 Å². The topological polar surface area (TPSA) is 115 Å². The predicted octanol–water partition coefficient (Wildman–Crippen LogP) is 4.77. The molecule has 1 aliphatic rings. The molecule has 0 unspecified atom stereocenters. The maximum atomic E-state index is 14.4. The molecular weight excluding hydrogens is 610 g/mol. The summed E-state index contributed by atoms with van der Waals surface area (Å²) < 4.78 is 6.66. The van der Waals surface area contributed by atoms with E-state index in [1.165, 1.54) is 11.0 Å². The normalized spacial score (nSPS) is 15.3. The van der Waals surface area contributed by atoms with Crippen LogP contribution in [0.4, 0.5) is 11.4 Å². The van der Waals surface area contributed by atoms with Crippen molar-refractivity contribution in [2.45, 2.75) is 25.6 Å². The Morgan fingerprint density at radius 1 is 1.07 bits per heavy atom. The molecule has 2 atom stereocenters. The maximum Gasteiger partial charge on any atom is 0.258 e. The van der Waals surface area contributed by atoms with Gasteiger partial charge in [-0.15, -0.1) is 0 Å². The van der Waals surface area contributed by atoms with E-state index in [4.69, 9.17) is 4.74 Å². The minimum Gasteiger partial charge on any atom is -0.496 e. The van der Waals surface area contributed by atoms with E-state index >= 15 is 0 Å². The number of fused-ring (bicyclic) bond motifs is 2. The molecule has 43 heavy (non-hydrogen) atoms. The number of halogens is 1. The van der Waals surface area contributed by atoms with Crippen LogP contribution in [0.25, 0.3) is 10.8 Å². The third-order valence-electron chi connectivity index (χ3n) is 7.61. The monoisotopic (exact) mass is 639 g/mol. The van der Waals surface area contributed by atoms with Gasteiger partial charge in [0, 0.05) is 15.6 Å². The lowest BCUT2D eigenvalue weighted by atomic mass is 10.0. The van der Waals surface area contributed by atoms with Crippen molar-refractivity contribution in [2.75, 3.05) is 30.5 Å². The summed E-state index contributed by atoms with van der Waals surface area (Å²) in [6.45, 7) is 1.71. The van der Waals surface area contributed by atoms with Crippen LogP contribution in [0, 0.1) is 11.3 Å². The van der Waals surface area contributed by atoms with Crippen molar-refractivity contribution in [1.29, 1.82) is 5.26 Å². The van der Waals surface area contributed by atoms with Crippen LogP contribution in [0.1, 0.15) is 28.4 Å². The molecule has 9 nitrogen and oxygen atoms in total. The first-order valence-electron chi connectivity index (χ1n) is 13.7. The number of rotatable bonds is 7. The zero-order valence-electron chi connectivity index (χ0n) is 23.9. The number of hydrogen-bond donors (Lipinski definition) is 2. The fourth-order valence-electron chi connectivity index (χ4n) is 5.21. The van der Waals surface area contributed by atoms with Gasteiger partial charge in [0.05, 0.1) is 49.2 Å². The van der Waals surface area contributed by atoms with Gasteiger partial charge in [-0.05, 0) is 73.3 Å². The number of nitrogens with zero attached hydrogens (tertiary/aromatic N) is 3. The molecule has 0 saturated carbocycles. The molecule has 218 valence electrons. The molecule has 0 fully saturated rings. The molecular formula is C33H30BrN5O4. The molecule has 4 aromatic carbocycles. The Morgan fingerprint density at radius 3 is 2.56 bits per heavy atom. The van der Waals surface area contributed by atoms with E-state index in [0.29, 0.717) is 28.3 Å². The van der Waals surface area contributed by atoms with Crippen LogP contribution < -0.4 is 25.2 Å². The Balaban J connectivity index is 1.66. The minimum absolute atomic E-state index is 0.107. The van der Waals surface area contributed by atoms with Crippen molar-refractivity contribution >= 4 is 55.8 Å². The lowest BCUT2D eigenvalue weighted by Crippen LogP contribution is -2.55. The molecule has 0 bridgehead atoms. The second-order valence-electron chi connectivity index (χ2n) is 10.2. The molecule has 0 saturated heterocycles. The van der Waals surface area contributed by atoms with Crippen molar-refractivity contribution in [3.05, 3.63) is 100 Å². The number of carbonyl (C=O) groups excluding carboxylic acids is 3. The van der Waals surface area contributed by atoms with Crippen LogP contribution in [0.2, 0.25) is 0 Å². The lowest BCUT2D eigenvalue weighted by molar-refractivity contribution is -0.128. The van der Waals surface area contributed by atoms with Crippen molar-refractivity contribution < 1.29 is 19.1 Å². The first-order valence-corrected chi connectivity index (χ1v) is 14.5. The lowest BCUT2D eigenvalue weighted by Gasteiger charge is -2.27. The summed E-state index contributed by atoms with van der Waals surface area (Å²) in [5, 5.41) is 17.1. The Kier molecular flexibility index (Phi) is 8.76. The van der Waals surface area contributed by atoms with Crippen LogP contribution in [0.3, 0.4) is 0 Å². The summed E-state index contributed by atoms with van der Waals surface area (Å²) in [5.74, 6) is -0.540. The smallest absolute Gasteiger partial charge is 0.258 e. The van der Waals surface area contributed by atoms with Crippen LogP contribution >= 0.6 is 15.9 Å². The summed E-state index contributed by atoms with van der Waals surface area (Å²) in [5.41, 5.74) is 2.43. The van der Waals surface area contributed by atoms with Crippen LogP contribution in [0.5, 0.6) is 5.75 Å². The zero-order chi connectivity index (χ0) is 30.7. The molecule has 0 radical (unpaired) electrons. The molecule has 0 spiro atoms. The van der Waals surface area contributed by atoms with Gasteiger partial charge in [0.25, 0.3) is 11.8 Å². The molecule has 1 aliphatic heterocycles. The van der Waals surface area contributed by atoms with E-state index in [-0.39, 0.29) is 24.9 Å². The van der Waals surface area contributed by atoms with Gasteiger partial charge in [-0.3, -0.25) is 14.4 Å². The van der Waals surface area contributed by atoms with Gasteiger partial charge >= 0.3 is 0 Å². The predicted molar refractivity (Wildman–Crippen MR) is 169 cm³/mol. The number of hydrogen-bond acceptors (Lipinski definition) is 6. The average molecular weight is 641 g/mol. The summed E-state index contributed by atoms with van der Waals surface area (Å²) in [6.07, 6.45) is 0. The molecule has 3 amide bonds. The van der Waals surface area contributed by atoms with Gasteiger partial charge in [-0.25, -0.2) is 0 Å². The Hall–Kier alpha value is -4.72. The van der Waals surface area contributed by atoms with Crippen LogP contribution in [0.15, 0.2) is 83.3 Å². The summed E-state index contributed by atoms with van der Waals surface area (Å²) >= 11 is 3.53. The maximum absolute atomic E-state index is 14.4. The highest BCUT2D eigenvalue weighted by Gasteiger charge is 2.38. The number of methoxy groups -OCH3 is 1. The second kappa shape index (κ2) is 12.7. The quantitative estimate of drug-likeness (QED) is 0.301. The zero-order valence-corrected chi connectivity index (χ0v) is 25.5. The van der Waals surface area contributed by atoms with Crippen LogP contribution in [-0.2, 0) is 16.1 Å². The van der Waals surface area contributed by atoms with Crippen molar-refractivity contribution in [3.8, 4) is 11.8 Å². The van der Waals surface area contributed by atoms with E-state index < -0.39 is 18.0 Å². The fourth-order valence-corrected chi connectivity index (χ4v) is 5.59. The van der Waals surface area contributed by atoms with Gasteiger partial charge in [0.1, 0.15) is 11.8 Å². The molecule has 5 rings (SSSR count).